The van der Waals surface area contributed by atoms with E-state index in [1.54, 1.807) is 6.20 Å². The van der Waals surface area contributed by atoms with Crippen LogP contribution in [0, 0.1) is 6.92 Å². The average molecular weight is 247 g/mol. The molecule has 1 aromatic rings. The Morgan fingerprint density at radius 2 is 2.20 bits per heavy atom. The Kier molecular flexibility index (Phi) is 3.92. The van der Waals surface area contributed by atoms with Crippen LogP contribution < -0.4 is 5.73 Å². The molecule has 1 heterocycles. The first-order chi connectivity index (χ1) is 6.88. The molecule has 1 rings (SSSR count). The van der Waals surface area contributed by atoms with Crippen molar-refractivity contribution in [2.75, 3.05) is 23.5 Å². The first kappa shape index (κ1) is 12.3. The van der Waals surface area contributed by atoms with E-state index in [2.05, 4.69) is 9.97 Å². The van der Waals surface area contributed by atoms with Gasteiger partial charge in [0.1, 0.15) is 14.9 Å². The maximum Gasteiger partial charge on any atom is 0.221 e. The number of anilines is 1. The zero-order valence-electron chi connectivity index (χ0n) is 8.60. The summed E-state index contributed by atoms with van der Waals surface area (Å²) in [6.07, 6.45) is 2.85. The lowest BCUT2D eigenvalue weighted by atomic mass is 10.4. The highest BCUT2D eigenvalue weighted by Crippen LogP contribution is 2.19. The van der Waals surface area contributed by atoms with Gasteiger partial charge >= 0.3 is 0 Å². The molecule has 0 saturated heterocycles. The van der Waals surface area contributed by atoms with Gasteiger partial charge in [-0.2, -0.15) is 0 Å². The van der Waals surface area contributed by atoms with Crippen LogP contribution in [0.3, 0.4) is 0 Å². The second kappa shape index (κ2) is 4.80. The Balaban J connectivity index is 2.61. The van der Waals surface area contributed by atoms with Crippen LogP contribution in [0.2, 0.25) is 0 Å². The standard InChI is InChI=1S/C8H13N3O2S2/c1-6-5-10-8(9)11-7(6)14-3-4-15(2,12)13/h5H,3-4H2,1-2H3,(H2,9,10,11). The molecule has 0 amide bonds. The van der Waals surface area contributed by atoms with E-state index >= 15 is 0 Å². The lowest BCUT2D eigenvalue weighted by Gasteiger charge is -2.03. The minimum atomic E-state index is -2.91. The van der Waals surface area contributed by atoms with Crippen molar-refractivity contribution in [1.29, 1.82) is 0 Å². The average Bonchev–Trinajstić information content (AvgIpc) is 2.09. The smallest absolute Gasteiger partial charge is 0.221 e. The van der Waals surface area contributed by atoms with E-state index in [1.807, 2.05) is 6.92 Å². The number of sulfone groups is 1. The molecule has 0 atom stereocenters. The number of nitrogen functional groups attached to an aromatic ring is 1. The fourth-order valence-electron chi connectivity index (χ4n) is 0.875. The molecule has 0 aliphatic heterocycles. The van der Waals surface area contributed by atoms with Crippen molar-refractivity contribution in [2.24, 2.45) is 0 Å². The van der Waals surface area contributed by atoms with Crippen LogP contribution in [0.25, 0.3) is 0 Å². The molecule has 0 unspecified atom stereocenters. The molecule has 0 radical (unpaired) electrons. The number of hydrogen-bond donors (Lipinski definition) is 1. The molecule has 0 aromatic carbocycles. The van der Waals surface area contributed by atoms with Crippen LogP contribution in [-0.2, 0) is 9.84 Å². The SMILES string of the molecule is Cc1cnc(N)nc1SCCS(C)(=O)=O. The lowest BCUT2D eigenvalue weighted by Crippen LogP contribution is -2.06. The van der Waals surface area contributed by atoms with Gasteiger partial charge in [-0.05, 0) is 12.5 Å². The third-order valence-corrected chi connectivity index (χ3v) is 3.94. The number of nitrogens with zero attached hydrogens (tertiary/aromatic N) is 2. The topological polar surface area (TPSA) is 85.9 Å². The maximum absolute atomic E-state index is 10.9. The molecule has 0 aliphatic carbocycles. The largest absolute Gasteiger partial charge is 0.368 e. The second-order valence-corrected chi connectivity index (χ2v) is 6.54. The van der Waals surface area contributed by atoms with E-state index in [4.69, 9.17) is 5.73 Å². The van der Waals surface area contributed by atoms with Crippen molar-refractivity contribution in [3.05, 3.63) is 11.8 Å². The molecule has 0 bridgehead atoms. The Hall–Kier alpha value is -0.820. The maximum atomic E-state index is 10.9. The summed E-state index contributed by atoms with van der Waals surface area (Å²) in [6, 6.07) is 0. The number of aryl methyl sites for hydroxylation is 1. The van der Waals surface area contributed by atoms with E-state index in [0.717, 1.165) is 10.6 Å². The predicted molar refractivity (Wildman–Crippen MR) is 61.6 cm³/mol. The van der Waals surface area contributed by atoms with Crippen LogP contribution in [0.1, 0.15) is 5.56 Å². The molecule has 15 heavy (non-hydrogen) atoms. The Morgan fingerprint density at radius 3 is 2.80 bits per heavy atom. The highest BCUT2D eigenvalue weighted by atomic mass is 32.2. The Labute approximate surface area is 93.4 Å². The summed E-state index contributed by atoms with van der Waals surface area (Å²) in [5.41, 5.74) is 6.34. The minimum Gasteiger partial charge on any atom is -0.368 e. The van der Waals surface area contributed by atoms with Gasteiger partial charge in [0.05, 0.1) is 5.75 Å². The summed E-state index contributed by atoms with van der Waals surface area (Å²) >= 11 is 1.38. The van der Waals surface area contributed by atoms with Gasteiger partial charge in [-0.15, -0.1) is 11.8 Å². The van der Waals surface area contributed by atoms with Crippen molar-refractivity contribution in [3.63, 3.8) is 0 Å². The third-order valence-electron chi connectivity index (χ3n) is 1.64. The summed E-state index contributed by atoms with van der Waals surface area (Å²) in [5.74, 6) is 0.833. The Bertz CT molecular complexity index is 445. The van der Waals surface area contributed by atoms with Crippen LogP contribution in [0.15, 0.2) is 11.2 Å². The fraction of sp³-hybridized carbons (Fsp3) is 0.500. The lowest BCUT2D eigenvalue weighted by molar-refractivity contribution is 0.603. The van der Waals surface area contributed by atoms with Gasteiger partial charge in [0.2, 0.25) is 5.95 Å². The van der Waals surface area contributed by atoms with Gasteiger partial charge in [-0.3, -0.25) is 0 Å². The normalized spacial score (nSPS) is 11.6. The van der Waals surface area contributed by atoms with Crippen molar-refractivity contribution in [1.82, 2.24) is 9.97 Å². The zero-order valence-corrected chi connectivity index (χ0v) is 10.2. The fourth-order valence-corrected chi connectivity index (χ4v) is 3.05. The molecule has 5 nitrogen and oxygen atoms in total. The quantitative estimate of drug-likeness (QED) is 0.616. The predicted octanol–water partition coefficient (Wildman–Crippen LogP) is 0.504. The highest BCUT2D eigenvalue weighted by Gasteiger charge is 2.06. The monoisotopic (exact) mass is 247 g/mol. The van der Waals surface area contributed by atoms with Crippen LogP contribution in [0.5, 0.6) is 0 Å². The van der Waals surface area contributed by atoms with Crippen molar-refractivity contribution < 1.29 is 8.42 Å². The van der Waals surface area contributed by atoms with Crippen LogP contribution >= 0.6 is 11.8 Å². The van der Waals surface area contributed by atoms with Gasteiger partial charge in [-0.25, -0.2) is 18.4 Å². The van der Waals surface area contributed by atoms with Gasteiger partial charge in [-0.1, -0.05) is 0 Å². The molecule has 0 spiro atoms. The molecular weight excluding hydrogens is 234 g/mol. The first-order valence-corrected chi connectivity index (χ1v) is 7.33. The van der Waals surface area contributed by atoms with E-state index in [9.17, 15) is 8.42 Å². The molecule has 0 aliphatic rings. The summed E-state index contributed by atoms with van der Waals surface area (Å²) in [5, 5.41) is 0.742. The van der Waals surface area contributed by atoms with Gasteiger partial charge < -0.3 is 5.73 Å². The molecule has 2 N–H and O–H groups in total. The summed E-state index contributed by atoms with van der Waals surface area (Å²) in [7, 11) is -2.91. The number of thioether (sulfide) groups is 1. The highest BCUT2D eigenvalue weighted by molar-refractivity contribution is 8.00. The Morgan fingerprint density at radius 1 is 1.53 bits per heavy atom. The minimum absolute atomic E-state index is 0.140. The number of nitrogens with two attached hydrogens (primary N) is 1. The molecule has 0 saturated carbocycles. The van der Waals surface area contributed by atoms with E-state index < -0.39 is 9.84 Å². The first-order valence-electron chi connectivity index (χ1n) is 4.28. The van der Waals surface area contributed by atoms with Crippen LogP contribution in [0.4, 0.5) is 5.95 Å². The molecule has 1 aromatic heterocycles. The molecule has 0 fully saturated rings. The third kappa shape index (κ3) is 4.48. The zero-order chi connectivity index (χ0) is 11.5. The van der Waals surface area contributed by atoms with E-state index in [1.165, 1.54) is 18.0 Å². The van der Waals surface area contributed by atoms with Gasteiger partial charge in [0.15, 0.2) is 0 Å². The summed E-state index contributed by atoms with van der Waals surface area (Å²) in [6.45, 7) is 1.86. The summed E-state index contributed by atoms with van der Waals surface area (Å²) < 4.78 is 21.8. The molecule has 7 heteroatoms. The summed E-state index contributed by atoms with van der Waals surface area (Å²) in [4.78, 5) is 7.86. The van der Waals surface area contributed by atoms with Crippen molar-refractivity contribution >= 4 is 27.5 Å². The van der Waals surface area contributed by atoms with Crippen molar-refractivity contribution in [2.45, 2.75) is 11.9 Å². The van der Waals surface area contributed by atoms with Crippen molar-refractivity contribution in [3.8, 4) is 0 Å². The molecular formula is C8H13N3O2S2. The van der Waals surface area contributed by atoms with E-state index in [-0.39, 0.29) is 11.7 Å². The van der Waals surface area contributed by atoms with Crippen LogP contribution in [-0.4, -0.2) is 36.1 Å². The van der Waals surface area contributed by atoms with Gasteiger partial charge in [0.25, 0.3) is 0 Å². The molecule has 84 valence electrons. The number of hydrogen-bond acceptors (Lipinski definition) is 6. The second-order valence-electron chi connectivity index (χ2n) is 3.19. The van der Waals surface area contributed by atoms with Gasteiger partial charge in [0, 0.05) is 18.2 Å². The number of aromatic nitrogens is 2. The van der Waals surface area contributed by atoms with E-state index in [0.29, 0.717) is 5.75 Å². The number of rotatable bonds is 4.